The van der Waals surface area contributed by atoms with E-state index in [4.69, 9.17) is 4.98 Å². The van der Waals surface area contributed by atoms with Crippen LogP contribution in [0.15, 0.2) is 53.5 Å². The van der Waals surface area contributed by atoms with Gasteiger partial charge in [0.25, 0.3) is 0 Å². The van der Waals surface area contributed by atoms with Crippen LogP contribution in [0.5, 0.6) is 0 Å². The number of rotatable bonds is 5. The van der Waals surface area contributed by atoms with Gasteiger partial charge in [-0.25, -0.2) is 9.78 Å². The van der Waals surface area contributed by atoms with Gasteiger partial charge < -0.3 is 20.4 Å². The second kappa shape index (κ2) is 9.40. The summed E-state index contributed by atoms with van der Waals surface area (Å²) in [5, 5.41) is 6.32. The Bertz CT molecular complexity index is 1110. The standard InChI is InChI=1S/C24H27N7O2/c32-20(17-5-4-9-25-16-17)15-21-29-22-19(23-26-11-14-31(21)23)7-6-18(28-22)8-10-27-24(33)30-12-2-1-3-13-30/h4-7,9,15-16H,1-3,8,10-14H2,(H,27,33)(H,28,29). The Kier molecular flexibility index (Phi) is 6.01. The summed E-state index contributed by atoms with van der Waals surface area (Å²) in [5.74, 6) is 2.04. The van der Waals surface area contributed by atoms with Gasteiger partial charge in [-0.1, -0.05) is 0 Å². The molecule has 0 saturated carbocycles. The number of carbonyl (C=O) groups is 2. The lowest BCUT2D eigenvalue weighted by Gasteiger charge is -2.30. The number of nitrogens with zero attached hydrogens (tertiary/aromatic N) is 5. The van der Waals surface area contributed by atoms with Crippen LogP contribution in [0.25, 0.3) is 0 Å². The van der Waals surface area contributed by atoms with Crippen LogP contribution in [0.2, 0.25) is 0 Å². The number of amidine groups is 1. The van der Waals surface area contributed by atoms with Gasteiger partial charge in [-0.3, -0.25) is 14.8 Å². The lowest BCUT2D eigenvalue weighted by molar-refractivity contribution is 0.104. The van der Waals surface area contributed by atoms with E-state index < -0.39 is 0 Å². The largest absolute Gasteiger partial charge is 0.338 e. The molecule has 1 fully saturated rings. The molecule has 33 heavy (non-hydrogen) atoms. The summed E-state index contributed by atoms with van der Waals surface area (Å²) in [4.78, 5) is 42.4. The van der Waals surface area contributed by atoms with Crippen LogP contribution in [0.3, 0.4) is 0 Å². The number of piperidine rings is 1. The van der Waals surface area contributed by atoms with Gasteiger partial charge >= 0.3 is 6.03 Å². The fourth-order valence-electron chi connectivity index (χ4n) is 4.35. The fraction of sp³-hybridized carbons (Fsp3) is 0.375. The molecule has 3 aliphatic rings. The molecule has 0 radical (unpaired) electrons. The number of anilines is 1. The second-order valence-corrected chi connectivity index (χ2v) is 8.35. The molecule has 2 N–H and O–H groups in total. The number of aromatic nitrogens is 2. The summed E-state index contributed by atoms with van der Waals surface area (Å²) in [6.07, 6.45) is 8.75. The highest BCUT2D eigenvalue weighted by atomic mass is 16.2. The molecule has 0 aromatic carbocycles. The Morgan fingerprint density at radius 1 is 1.12 bits per heavy atom. The van der Waals surface area contributed by atoms with E-state index in [1.54, 1.807) is 30.6 Å². The lowest BCUT2D eigenvalue weighted by atomic mass is 10.1. The van der Waals surface area contributed by atoms with Gasteiger partial charge in [-0.05, 0) is 43.5 Å². The van der Waals surface area contributed by atoms with Crippen LogP contribution < -0.4 is 10.6 Å². The number of allylic oxidation sites excluding steroid dienone is 1. The third kappa shape index (κ3) is 4.57. The Balaban J connectivity index is 1.29. The van der Waals surface area contributed by atoms with E-state index in [0.29, 0.717) is 43.3 Å². The molecule has 5 heterocycles. The molecule has 2 aromatic rings. The van der Waals surface area contributed by atoms with Crippen molar-refractivity contribution in [3.8, 4) is 0 Å². The van der Waals surface area contributed by atoms with E-state index in [1.807, 2.05) is 21.9 Å². The molecule has 2 amide bonds. The normalized spacial score (nSPS) is 18.3. The SMILES string of the molecule is O=C(C=C1Nc2nc(CCNC(=O)N3CCCCC3)ccc2C2=NCCN12)c1cccnc1. The first-order valence-electron chi connectivity index (χ1n) is 11.5. The van der Waals surface area contributed by atoms with Crippen LogP contribution in [0, 0.1) is 0 Å². The van der Waals surface area contributed by atoms with Crippen LogP contribution in [-0.4, -0.2) is 70.1 Å². The number of likely N-dealkylation sites (tertiary alicyclic amines) is 1. The van der Waals surface area contributed by atoms with E-state index in [-0.39, 0.29) is 11.8 Å². The van der Waals surface area contributed by atoms with Crippen LogP contribution in [0.1, 0.15) is 40.9 Å². The third-order valence-electron chi connectivity index (χ3n) is 6.09. The number of ketones is 1. The Morgan fingerprint density at radius 3 is 2.82 bits per heavy atom. The van der Waals surface area contributed by atoms with Gasteiger partial charge in [0, 0.05) is 62.3 Å². The van der Waals surface area contributed by atoms with Crippen molar-refractivity contribution in [3.63, 3.8) is 0 Å². The Morgan fingerprint density at radius 2 is 2.00 bits per heavy atom. The van der Waals surface area contributed by atoms with Crippen LogP contribution >= 0.6 is 0 Å². The maximum absolute atomic E-state index is 12.7. The average molecular weight is 446 g/mol. The quantitative estimate of drug-likeness (QED) is 0.541. The molecule has 0 bridgehead atoms. The Hall–Kier alpha value is -3.75. The number of hydrogen-bond donors (Lipinski definition) is 2. The third-order valence-corrected chi connectivity index (χ3v) is 6.09. The predicted octanol–water partition coefficient (Wildman–Crippen LogP) is 2.43. The van der Waals surface area contributed by atoms with Crippen molar-refractivity contribution in [1.29, 1.82) is 0 Å². The molecule has 0 spiro atoms. The lowest BCUT2D eigenvalue weighted by Crippen LogP contribution is -2.43. The number of urea groups is 1. The molecular weight excluding hydrogens is 418 g/mol. The number of carbonyl (C=O) groups excluding carboxylic acids is 2. The fourth-order valence-corrected chi connectivity index (χ4v) is 4.35. The highest BCUT2D eigenvalue weighted by Gasteiger charge is 2.31. The summed E-state index contributed by atoms with van der Waals surface area (Å²) in [6.45, 7) is 3.56. The van der Waals surface area contributed by atoms with Gasteiger partial charge in [-0.15, -0.1) is 0 Å². The molecular formula is C24H27N7O2. The molecule has 0 atom stereocenters. The minimum Gasteiger partial charge on any atom is -0.338 e. The minimum atomic E-state index is -0.128. The van der Waals surface area contributed by atoms with Crippen molar-refractivity contribution in [2.24, 2.45) is 4.99 Å². The minimum absolute atomic E-state index is 0.000807. The molecule has 3 aliphatic heterocycles. The maximum Gasteiger partial charge on any atom is 0.317 e. The summed E-state index contributed by atoms with van der Waals surface area (Å²) in [5.41, 5.74) is 2.31. The number of nitrogens with one attached hydrogen (secondary N) is 2. The van der Waals surface area contributed by atoms with Gasteiger partial charge in [0.1, 0.15) is 17.5 Å². The van der Waals surface area contributed by atoms with E-state index in [1.165, 1.54) is 6.42 Å². The van der Waals surface area contributed by atoms with Crippen molar-refractivity contribution >= 4 is 23.5 Å². The molecule has 2 aromatic heterocycles. The van der Waals surface area contributed by atoms with E-state index in [9.17, 15) is 9.59 Å². The second-order valence-electron chi connectivity index (χ2n) is 8.35. The van der Waals surface area contributed by atoms with Crippen molar-refractivity contribution in [3.05, 3.63) is 65.4 Å². The van der Waals surface area contributed by atoms with Crippen molar-refractivity contribution in [1.82, 2.24) is 25.1 Å². The molecule has 0 aliphatic carbocycles. The molecule has 0 unspecified atom stereocenters. The maximum atomic E-state index is 12.7. The topological polar surface area (TPSA) is 103 Å². The summed E-state index contributed by atoms with van der Waals surface area (Å²) in [6, 6.07) is 7.48. The monoisotopic (exact) mass is 445 g/mol. The van der Waals surface area contributed by atoms with Crippen molar-refractivity contribution in [2.45, 2.75) is 25.7 Å². The number of fused-ring (bicyclic) bond motifs is 3. The number of aliphatic imine (C=N–C) groups is 1. The summed E-state index contributed by atoms with van der Waals surface area (Å²) < 4.78 is 0. The number of pyridine rings is 2. The highest BCUT2D eigenvalue weighted by Crippen LogP contribution is 2.29. The van der Waals surface area contributed by atoms with Crippen molar-refractivity contribution in [2.75, 3.05) is 38.0 Å². The zero-order valence-electron chi connectivity index (χ0n) is 18.5. The first-order valence-corrected chi connectivity index (χ1v) is 11.5. The van der Waals surface area contributed by atoms with Crippen LogP contribution in [0.4, 0.5) is 10.6 Å². The van der Waals surface area contributed by atoms with Crippen LogP contribution in [-0.2, 0) is 6.42 Å². The van der Waals surface area contributed by atoms with Gasteiger partial charge in [0.05, 0.1) is 12.1 Å². The molecule has 1 saturated heterocycles. The Labute approximate surface area is 192 Å². The molecule has 5 rings (SSSR count). The van der Waals surface area contributed by atoms with E-state index >= 15 is 0 Å². The first kappa shape index (κ1) is 21.1. The zero-order chi connectivity index (χ0) is 22.6. The smallest absolute Gasteiger partial charge is 0.317 e. The van der Waals surface area contributed by atoms with Gasteiger partial charge in [0.15, 0.2) is 5.78 Å². The van der Waals surface area contributed by atoms with Crippen molar-refractivity contribution < 1.29 is 9.59 Å². The molecule has 9 nitrogen and oxygen atoms in total. The highest BCUT2D eigenvalue weighted by molar-refractivity contribution is 6.09. The van der Waals surface area contributed by atoms with Gasteiger partial charge in [-0.2, -0.15) is 0 Å². The molecule has 9 heteroatoms. The van der Waals surface area contributed by atoms with Gasteiger partial charge in [0.2, 0.25) is 0 Å². The number of amides is 2. The number of hydrogen-bond acceptors (Lipinski definition) is 7. The predicted molar refractivity (Wildman–Crippen MR) is 125 cm³/mol. The van der Waals surface area contributed by atoms with E-state index in [0.717, 1.165) is 43.0 Å². The summed E-state index contributed by atoms with van der Waals surface area (Å²) in [7, 11) is 0. The molecule has 170 valence electrons. The first-order chi connectivity index (χ1) is 16.2. The summed E-state index contributed by atoms with van der Waals surface area (Å²) >= 11 is 0. The zero-order valence-corrected chi connectivity index (χ0v) is 18.5. The van der Waals surface area contributed by atoms with E-state index in [2.05, 4.69) is 20.6 Å². The average Bonchev–Trinajstić information content (AvgIpc) is 3.35.